The highest BCUT2D eigenvalue weighted by molar-refractivity contribution is 5.78. The van der Waals surface area contributed by atoms with Crippen LogP contribution in [0.15, 0.2) is 24.5 Å². The lowest BCUT2D eigenvalue weighted by atomic mass is 10.2. The highest BCUT2D eigenvalue weighted by atomic mass is 16.1. The minimum atomic E-state index is 0.0444. The molecule has 1 heterocycles. The summed E-state index contributed by atoms with van der Waals surface area (Å²) in [7, 11) is 0. The molecule has 0 spiro atoms. The first-order valence-electron chi connectivity index (χ1n) is 4.37. The lowest BCUT2D eigenvalue weighted by Gasteiger charge is -2.07. The summed E-state index contributed by atoms with van der Waals surface area (Å²) >= 11 is 0. The second-order valence-corrected chi connectivity index (χ2v) is 3.26. The van der Waals surface area contributed by atoms with Crippen molar-refractivity contribution in [3.8, 4) is 0 Å². The van der Waals surface area contributed by atoms with Gasteiger partial charge in [0.15, 0.2) is 0 Å². The zero-order valence-electron chi connectivity index (χ0n) is 7.95. The van der Waals surface area contributed by atoms with Crippen LogP contribution in [0.3, 0.4) is 0 Å². The summed E-state index contributed by atoms with van der Waals surface area (Å²) in [6, 6.07) is 3.93. The number of aromatic nitrogens is 1. The molecule has 1 rings (SSSR count). The van der Waals surface area contributed by atoms with Crippen LogP contribution < -0.4 is 5.32 Å². The van der Waals surface area contributed by atoms with Gasteiger partial charge in [-0.2, -0.15) is 0 Å². The standard InChI is InChI=1S/C10H14N2O/c1-8(2)12-10(13)6-9-4-3-5-11-7-9/h3-5,7-8H,6H2,1-2H3,(H,12,13). The molecule has 0 aliphatic heterocycles. The van der Waals surface area contributed by atoms with Gasteiger partial charge in [0, 0.05) is 18.4 Å². The molecule has 1 N–H and O–H groups in total. The van der Waals surface area contributed by atoms with Crippen molar-refractivity contribution in [2.75, 3.05) is 0 Å². The largest absolute Gasteiger partial charge is 0.354 e. The van der Waals surface area contributed by atoms with Crippen molar-refractivity contribution in [3.05, 3.63) is 30.1 Å². The summed E-state index contributed by atoms with van der Waals surface area (Å²) in [5.74, 6) is 0.0444. The fraction of sp³-hybridized carbons (Fsp3) is 0.400. The average Bonchev–Trinajstić information content (AvgIpc) is 2.04. The van der Waals surface area contributed by atoms with Crippen molar-refractivity contribution in [2.45, 2.75) is 26.3 Å². The van der Waals surface area contributed by atoms with Crippen LogP contribution in [0.4, 0.5) is 0 Å². The number of nitrogens with zero attached hydrogens (tertiary/aromatic N) is 1. The van der Waals surface area contributed by atoms with Gasteiger partial charge in [0.25, 0.3) is 0 Å². The number of carbonyl (C=O) groups is 1. The van der Waals surface area contributed by atoms with Crippen molar-refractivity contribution in [1.82, 2.24) is 10.3 Å². The quantitative estimate of drug-likeness (QED) is 0.754. The van der Waals surface area contributed by atoms with E-state index in [2.05, 4.69) is 10.3 Å². The molecular weight excluding hydrogens is 164 g/mol. The topological polar surface area (TPSA) is 42.0 Å². The number of hydrogen-bond donors (Lipinski definition) is 1. The van der Waals surface area contributed by atoms with Crippen molar-refractivity contribution in [2.24, 2.45) is 0 Å². The normalized spacial score (nSPS) is 10.1. The molecule has 1 aromatic rings. The first-order valence-corrected chi connectivity index (χ1v) is 4.37. The Bertz CT molecular complexity index is 270. The predicted octanol–water partition coefficient (Wildman–Crippen LogP) is 1.15. The molecule has 3 heteroatoms. The van der Waals surface area contributed by atoms with Crippen molar-refractivity contribution in [3.63, 3.8) is 0 Å². The Morgan fingerprint density at radius 3 is 2.92 bits per heavy atom. The molecule has 0 unspecified atom stereocenters. The maximum absolute atomic E-state index is 11.3. The predicted molar refractivity (Wildman–Crippen MR) is 51.2 cm³/mol. The van der Waals surface area contributed by atoms with Gasteiger partial charge in [-0.25, -0.2) is 0 Å². The highest BCUT2D eigenvalue weighted by Gasteiger charge is 2.03. The third-order valence-electron chi connectivity index (χ3n) is 1.54. The summed E-state index contributed by atoms with van der Waals surface area (Å²) in [6.45, 7) is 3.89. The van der Waals surface area contributed by atoms with Gasteiger partial charge in [-0.3, -0.25) is 9.78 Å². The Morgan fingerprint density at radius 2 is 2.38 bits per heavy atom. The Hall–Kier alpha value is -1.38. The van der Waals surface area contributed by atoms with Crippen LogP contribution in [0.1, 0.15) is 19.4 Å². The number of rotatable bonds is 3. The molecule has 0 saturated heterocycles. The highest BCUT2D eigenvalue weighted by Crippen LogP contribution is 1.96. The van der Waals surface area contributed by atoms with Gasteiger partial charge in [-0.05, 0) is 25.5 Å². The smallest absolute Gasteiger partial charge is 0.224 e. The lowest BCUT2D eigenvalue weighted by Crippen LogP contribution is -2.31. The fourth-order valence-corrected chi connectivity index (χ4v) is 1.06. The van der Waals surface area contributed by atoms with Crippen molar-refractivity contribution >= 4 is 5.91 Å². The maximum atomic E-state index is 11.3. The molecule has 1 amide bonds. The van der Waals surface area contributed by atoms with Gasteiger partial charge in [-0.15, -0.1) is 0 Å². The van der Waals surface area contributed by atoms with Crippen molar-refractivity contribution < 1.29 is 4.79 Å². The van der Waals surface area contributed by atoms with Crippen LogP contribution in [0, 0.1) is 0 Å². The summed E-state index contributed by atoms with van der Waals surface area (Å²) < 4.78 is 0. The monoisotopic (exact) mass is 178 g/mol. The second-order valence-electron chi connectivity index (χ2n) is 3.26. The molecule has 3 nitrogen and oxygen atoms in total. The SMILES string of the molecule is CC(C)NC(=O)Cc1cccnc1. The van der Waals surface area contributed by atoms with Crippen LogP contribution >= 0.6 is 0 Å². The maximum Gasteiger partial charge on any atom is 0.224 e. The lowest BCUT2D eigenvalue weighted by molar-refractivity contribution is -0.120. The van der Waals surface area contributed by atoms with Crippen LogP contribution in [-0.4, -0.2) is 16.9 Å². The van der Waals surface area contributed by atoms with E-state index in [1.807, 2.05) is 26.0 Å². The second kappa shape index (κ2) is 4.60. The van der Waals surface area contributed by atoms with Gasteiger partial charge in [0.05, 0.1) is 6.42 Å². The Kier molecular flexibility index (Phi) is 3.43. The number of carbonyl (C=O) groups excluding carboxylic acids is 1. The average molecular weight is 178 g/mol. The molecule has 1 aromatic heterocycles. The van der Waals surface area contributed by atoms with E-state index in [4.69, 9.17) is 0 Å². The molecule has 0 aliphatic carbocycles. The van der Waals surface area contributed by atoms with Crippen LogP contribution in [0.25, 0.3) is 0 Å². The molecule has 0 aliphatic rings. The summed E-state index contributed by atoms with van der Waals surface area (Å²) in [5, 5.41) is 2.82. The van der Waals surface area contributed by atoms with E-state index in [-0.39, 0.29) is 11.9 Å². The van der Waals surface area contributed by atoms with Gasteiger partial charge in [0.2, 0.25) is 5.91 Å². The minimum Gasteiger partial charge on any atom is -0.354 e. The van der Waals surface area contributed by atoms with E-state index >= 15 is 0 Å². The molecule has 0 bridgehead atoms. The van der Waals surface area contributed by atoms with Gasteiger partial charge in [0.1, 0.15) is 0 Å². The molecule has 70 valence electrons. The van der Waals surface area contributed by atoms with E-state index in [0.29, 0.717) is 6.42 Å². The summed E-state index contributed by atoms with van der Waals surface area (Å²) in [5.41, 5.74) is 0.945. The molecule has 13 heavy (non-hydrogen) atoms. The van der Waals surface area contributed by atoms with Crippen LogP contribution in [0.5, 0.6) is 0 Å². The summed E-state index contributed by atoms with van der Waals surface area (Å²) in [6.07, 6.45) is 3.82. The van der Waals surface area contributed by atoms with Gasteiger partial charge >= 0.3 is 0 Å². The molecule has 0 radical (unpaired) electrons. The first-order chi connectivity index (χ1) is 6.18. The Morgan fingerprint density at radius 1 is 1.62 bits per heavy atom. The molecule has 0 atom stereocenters. The number of pyridine rings is 1. The van der Waals surface area contributed by atoms with Crippen LogP contribution in [0.2, 0.25) is 0 Å². The minimum absolute atomic E-state index is 0.0444. The van der Waals surface area contributed by atoms with E-state index in [9.17, 15) is 4.79 Å². The third kappa shape index (κ3) is 3.69. The molecule has 0 fully saturated rings. The first kappa shape index (κ1) is 9.71. The van der Waals surface area contributed by atoms with Crippen molar-refractivity contribution in [1.29, 1.82) is 0 Å². The van der Waals surface area contributed by atoms with E-state index in [1.54, 1.807) is 12.4 Å². The van der Waals surface area contributed by atoms with Gasteiger partial charge in [-0.1, -0.05) is 6.07 Å². The van der Waals surface area contributed by atoms with E-state index in [1.165, 1.54) is 0 Å². The fourth-order valence-electron chi connectivity index (χ4n) is 1.06. The number of amides is 1. The zero-order valence-corrected chi connectivity index (χ0v) is 7.95. The number of hydrogen-bond acceptors (Lipinski definition) is 2. The Balaban J connectivity index is 2.46. The zero-order chi connectivity index (χ0) is 9.68. The number of nitrogens with one attached hydrogen (secondary N) is 1. The molecule has 0 saturated carbocycles. The van der Waals surface area contributed by atoms with E-state index < -0.39 is 0 Å². The summed E-state index contributed by atoms with van der Waals surface area (Å²) in [4.78, 5) is 15.2. The van der Waals surface area contributed by atoms with Gasteiger partial charge < -0.3 is 5.32 Å². The molecule has 0 aromatic carbocycles. The third-order valence-corrected chi connectivity index (χ3v) is 1.54. The molecular formula is C10H14N2O. The van der Waals surface area contributed by atoms with E-state index in [0.717, 1.165) is 5.56 Å². The Labute approximate surface area is 78.2 Å². The van der Waals surface area contributed by atoms with Crippen LogP contribution in [-0.2, 0) is 11.2 Å².